The lowest BCUT2D eigenvalue weighted by molar-refractivity contribution is -0.131. The van der Waals surface area contributed by atoms with Crippen molar-refractivity contribution in [3.8, 4) is 5.75 Å². The van der Waals surface area contributed by atoms with Gasteiger partial charge in [0.25, 0.3) is 5.91 Å². The zero-order valence-electron chi connectivity index (χ0n) is 14.6. The van der Waals surface area contributed by atoms with E-state index < -0.39 is 12.0 Å². The number of carbonyl (C=O) groups excluding carboxylic acids is 2. The number of methoxy groups -OCH3 is 1. The summed E-state index contributed by atoms with van der Waals surface area (Å²) in [6.45, 7) is 0. The van der Waals surface area contributed by atoms with Crippen LogP contribution in [0, 0.1) is 0 Å². The predicted octanol–water partition coefficient (Wildman–Crippen LogP) is 2.54. The molecule has 7 heteroatoms. The summed E-state index contributed by atoms with van der Waals surface area (Å²) in [6, 6.07) is 13.0. The van der Waals surface area contributed by atoms with Gasteiger partial charge in [0.1, 0.15) is 11.8 Å². The lowest BCUT2D eigenvalue weighted by Gasteiger charge is -2.16. The molecule has 1 atom stereocenters. The van der Waals surface area contributed by atoms with Gasteiger partial charge in [-0.15, -0.1) is 0 Å². The van der Waals surface area contributed by atoms with Crippen molar-refractivity contribution in [2.24, 2.45) is 0 Å². The monoisotopic (exact) mass is 366 g/mol. The maximum absolute atomic E-state index is 12.7. The van der Waals surface area contributed by atoms with Gasteiger partial charge >= 0.3 is 5.97 Å². The van der Waals surface area contributed by atoms with Crippen molar-refractivity contribution < 1.29 is 24.2 Å². The van der Waals surface area contributed by atoms with Gasteiger partial charge in [0, 0.05) is 11.8 Å². The van der Waals surface area contributed by atoms with Crippen LogP contribution in [-0.2, 0) is 14.4 Å². The molecule has 1 aliphatic heterocycles. The molecule has 0 bridgehead atoms. The minimum absolute atomic E-state index is 0.0417. The molecule has 0 aromatic heterocycles. The fraction of sp³-hybridized carbons (Fsp3) is 0.150. The summed E-state index contributed by atoms with van der Waals surface area (Å²) in [6.07, 6.45) is 2.54. The molecular weight excluding hydrogens is 348 g/mol. The third-order valence-corrected chi connectivity index (χ3v) is 4.12. The average Bonchev–Trinajstić information content (AvgIpc) is 2.94. The van der Waals surface area contributed by atoms with Crippen LogP contribution in [-0.4, -0.2) is 36.0 Å². The summed E-state index contributed by atoms with van der Waals surface area (Å²) in [5.74, 6) is -1.03. The highest BCUT2D eigenvalue weighted by Crippen LogP contribution is 2.27. The van der Waals surface area contributed by atoms with Gasteiger partial charge in [0.15, 0.2) is 0 Å². The minimum atomic E-state index is -1.04. The Morgan fingerprint density at radius 3 is 2.63 bits per heavy atom. The van der Waals surface area contributed by atoms with Crippen LogP contribution in [0.1, 0.15) is 12.0 Å². The van der Waals surface area contributed by atoms with Crippen LogP contribution >= 0.6 is 0 Å². The van der Waals surface area contributed by atoms with Crippen molar-refractivity contribution in [2.75, 3.05) is 17.3 Å². The second kappa shape index (κ2) is 7.74. The van der Waals surface area contributed by atoms with Crippen molar-refractivity contribution in [1.82, 2.24) is 0 Å². The van der Waals surface area contributed by atoms with Crippen molar-refractivity contribution in [2.45, 2.75) is 12.5 Å². The maximum atomic E-state index is 12.7. The van der Waals surface area contributed by atoms with E-state index in [4.69, 9.17) is 9.84 Å². The number of imide groups is 1. The van der Waals surface area contributed by atoms with Crippen LogP contribution in [0.4, 0.5) is 11.4 Å². The number of carboxylic acid groups (broad SMARTS) is 1. The predicted molar refractivity (Wildman–Crippen MR) is 101 cm³/mol. The summed E-state index contributed by atoms with van der Waals surface area (Å²) in [5, 5.41) is 11.8. The second-order valence-electron chi connectivity index (χ2n) is 5.96. The Morgan fingerprint density at radius 1 is 1.22 bits per heavy atom. The van der Waals surface area contributed by atoms with Crippen LogP contribution in [0.15, 0.2) is 54.6 Å². The van der Waals surface area contributed by atoms with Crippen molar-refractivity contribution in [3.05, 3.63) is 60.2 Å². The molecule has 0 radical (unpaired) electrons. The summed E-state index contributed by atoms with van der Waals surface area (Å²) in [4.78, 5) is 36.8. The number of carboxylic acids is 1. The molecule has 0 saturated carbocycles. The fourth-order valence-electron chi connectivity index (χ4n) is 2.85. The van der Waals surface area contributed by atoms with Crippen molar-refractivity contribution >= 4 is 35.2 Å². The average molecular weight is 366 g/mol. The van der Waals surface area contributed by atoms with Crippen LogP contribution in [0.2, 0.25) is 0 Å². The Morgan fingerprint density at radius 2 is 1.96 bits per heavy atom. The molecule has 1 unspecified atom stereocenters. The molecule has 1 aliphatic rings. The standard InChI is InChI=1S/C20H18N2O5/c1-27-16-8-6-15(7-9-16)22-18(23)12-17(20(22)26)21-14-4-2-3-13(11-14)5-10-19(24)25/h2-11,17,21H,12H2,1H3,(H,24,25)/b10-5+. The highest BCUT2D eigenvalue weighted by atomic mass is 16.5. The highest BCUT2D eigenvalue weighted by molar-refractivity contribution is 6.23. The number of hydrogen-bond acceptors (Lipinski definition) is 5. The van der Waals surface area contributed by atoms with Gasteiger partial charge in [-0.3, -0.25) is 9.59 Å². The summed E-state index contributed by atoms with van der Waals surface area (Å²) < 4.78 is 5.09. The number of anilines is 2. The number of carbonyl (C=O) groups is 3. The SMILES string of the molecule is COc1ccc(N2C(=O)CC(Nc3cccc(/C=C/C(=O)O)c3)C2=O)cc1. The number of ether oxygens (including phenoxy) is 1. The van der Waals surface area contributed by atoms with Gasteiger partial charge in [-0.05, 0) is 48.0 Å². The van der Waals surface area contributed by atoms with E-state index in [0.29, 0.717) is 22.7 Å². The van der Waals surface area contributed by atoms with Crippen LogP contribution in [0.5, 0.6) is 5.75 Å². The smallest absolute Gasteiger partial charge is 0.328 e. The Balaban J connectivity index is 1.75. The Labute approximate surface area is 155 Å². The molecule has 2 N–H and O–H groups in total. The normalized spacial score (nSPS) is 16.8. The minimum Gasteiger partial charge on any atom is -0.497 e. The highest BCUT2D eigenvalue weighted by Gasteiger charge is 2.39. The van der Waals surface area contributed by atoms with E-state index in [1.807, 2.05) is 0 Å². The molecule has 7 nitrogen and oxygen atoms in total. The zero-order valence-corrected chi connectivity index (χ0v) is 14.6. The first-order chi connectivity index (χ1) is 13.0. The van der Waals surface area contributed by atoms with Gasteiger partial charge in [-0.1, -0.05) is 12.1 Å². The molecule has 1 fully saturated rings. The first-order valence-electron chi connectivity index (χ1n) is 8.26. The zero-order chi connectivity index (χ0) is 19.4. The summed E-state index contributed by atoms with van der Waals surface area (Å²) >= 11 is 0. The number of aliphatic carboxylic acids is 1. The number of hydrogen-bond donors (Lipinski definition) is 2. The quantitative estimate of drug-likeness (QED) is 0.602. The van der Waals surface area contributed by atoms with E-state index in [2.05, 4.69) is 5.32 Å². The molecule has 3 rings (SSSR count). The largest absolute Gasteiger partial charge is 0.497 e. The number of nitrogens with one attached hydrogen (secondary N) is 1. The van der Waals surface area contributed by atoms with Gasteiger partial charge in [-0.25, -0.2) is 9.69 Å². The van der Waals surface area contributed by atoms with Gasteiger partial charge in [0.05, 0.1) is 19.2 Å². The van der Waals surface area contributed by atoms with Crippen molar-refractivity contribution in [3.63, 3.8) is 0 Å². The summed E-state index contributed by atoms with van der Waals surface area (Å²) in [7, 11) is 1.54. The lowest BCUT2D eigenvalue weighted by Crippen LogP contribution is -2.34. The van der Waals surface area contributed by atoms with Gasteiger partial charge in [-0.2, -0.15) is 0 Å². The Kier molecular flexibility index (Phi) is 5.21. The summed E-state index contributed by atoms with van der Waals surface area (Å²) in [5.41, 5.74) is 1.80. The third-order valence-electron chi connectivity index (χ3n) is 4.12. The Bertz CT molecular complexity index is 905. The number of nitrogens with zero attached hydrogens (tertiary/aromatic N) is 1. The molecule has 2 aromatic carbocycles. The van der Waals surface area contributed by atoms with Crippen molar-refractivity contribution in [1.29, 1.82) is 0 Å². The van der Waals surface area contributed by atoms with Gasteiger partial charge in [0.2, 0.25) is 5.91 Å². The number of benzene rings is 2. The number of amides is 2. The molecule has 1 heterocycles. The first kappa shape index (κ1) is 18.2. The topological polar surface area (TPSA) is 95.9 Å². The molecule has 2 aromatic rings. The van der Waals surface area contributed by atoms with Crippen LogP contribution in [0.25, 0.3) is 6.08 Å². The van der Waals surface area contributed by atoms with Crippen LogP contribution < -0.4 is 15.0 Å². The first-order valence-corrected chi connectivity index (χ1v) is 8.26. The molecule has 0 aliphatic carbocycles. The molecule has 2 amide bonds. The molecule has 0 spiro atoms. The van der Waals surface area contributed by atoms with E-state index in [-0.39, 0.29) is 18.2 Å². The van der Waals surface area contributed by atoms with E-state index in [1.165, 1.54) is 6.08 Å². The molecular formula is C20H18N2O5. The number of rotatable bonds is 6. The molecule has 138 valence electrons. The van der Waals surface area contributed by atoms with Crippen LogP contribution in [0.3, 0.4) is 0 Å². The van der Waals surface area contributed by atoms with E-state index in [0.717, 1.165) is 11.0 Å². The lowest BCUT2D eigenvalue weighted by atomic mass is 10.1. The maximum Gasteiger partial charge on any atom is 0.328 e. The van der Waals surface area contributed by atoms with E-state index in [9.17, 15) is 14.4 Å². The Hall–Kier alpha value is -3.61. The van der Waals surface area contributed by atoms with E-state index >= 15 is 0 Å². The van der Waals surface area contributed by atoms with Gasteiger partial charge < -0.3 is 15.2 Å². The second-order valence-corrected chi connectivity index (χ2v) is 5.96. The fourth-order valence-corrected chi connectivity index (χ4v) is 2.85. The molecule has 27 heavy (non-hydrogen) atoms. The third kappa shape index (κ3) is 4.14. The molecule has 1 saturated heterocycles. The van der Waals surface area contributed by atoms with E-state index in [1.54, 1.807) is 55.6 Å².